The van der Waals surface area contributed by atoms with Crippen molar-refractivity contribution in [3.05, 3.63) is 90.0 Å². The van der Waals surface area contributed by atoms with Gasteiger partial charge in [0.15, 0.2) is 0 Å². The maximum atomic E-state index is 13.2. The van der Waals surface area contributed by atoms with Crippen LogP contribution in [0, 0.1) is 0 Å². The number of hydrogen-bond donors (Lipinski definition) is 3. The molecule has 3 rings (SSSR count). The van der Waals surface area contributed by atoms with Crippen LogP contribution in [0.15, 0.2) is 83.8 Å². The molecule has 0 spiro atoms. The number of hydrogen-bond acceptors (Lipinski definition) is 4. The van der Waals surface area contributed by atoms with Gasteiger partial charge in [-0.15, -0.1) is 11.8 Å². The predicted octanol–water partition coefficient (Wildman–Crippen LogP) is 5.98. The highest BCUT2D eigenvalue weighted by Crippen LogP contribution is 2.38. The molecule has 182 valence electrons. The van der Waals surface area contributed by atoms with E-state index in [1.807, 2.05) is 0 Å². The highest BCUT2D eigenvalue weighted by Gasteiger charge is 2.31. The van der Waals surface area contributed by atoms with E-state index in [4.69, 9.17) is 5.11 Å². The normalized spacial score (nSPS) is 12.0. The van der Waals surface area contributed by atoms with Crippen molar-refractivity contribution in [3.63, 3.8) is 0 Å². The monoisotopic (exact) mass is 502 g/mol. The fourth-order valence-corrected chi connectivity index (χ4v) is 4.19. The highest BCUT2D eigenvalue weighted by molar-refractivity contribution is 8.00. The van der Waals surface area contributed by atoms with Crippen molar-refractivity contribution in [1.82, 2.24) is 0 Å². The topological polar surface area (TPSA) is 95.5 Å². The van der Waals surface area contributed by atoms with E-state index in [0.29, 0.717) is 16.1 Å². The molecule has 3 aromatic rings. The summed E-state index contributed by atoms with van der Waals surface area (Å²) >= 11 is 1.16. The van der Waals surface area contributed by atoms with E-state index < -0.39 is 34.8 Å². The van der Waals surface area contributed by atoms with Crippen molar-refractivity contribution in [2.45, 2.75) is 29.2 Å². The third-order valence-electron chi connectivity index (χ3n) is 4.74. The smallest absolute Gasteiger partial charge is 0.416 e. The maximum absolute atomic E-state index is 13.2. The number of nitrogens with one attached hydrogen (secondary N) is 2. The predicted molar refractivity (Wildman–Crippen MR) is 127 cm³/mol. The fraction of sp³-hybridized carbons (Fsp3) is 0.160. The molecular formula is C25H21F3N2O4S. The second-order valence-electron chi connectivity index (χ2n) is 7.45. The summed E-state index contributed by atoms with van der Waals surface area (Å²) in [6, 6.07) is 19.8. The Bertz CT molecular complexity index is 1200. The Hall–Kier alpha value is -3.79. The molecule has 1 unspecified atom stereocenters. The number of rotatable bonds is 9. The summed E-state index contributed by atoms with van der Waals surface area (Å²) in [5.41, 5.74) is 0.213. The minimum absolute atomic E-state index is 0.0193. The summed E-state index contributed by atoms with van der Waals surface area (Å²) in [5, 5.41) is 13.1. The molecule has 0 aromatic heterocycles. The summed E-state index contributed by atoms with van der Waals surface area (Å²) in [7, 11) is 0. The van der Waals surface area contributed by atoms with Gasteiger partial charge < -0.3 is 15.7 Å². The van der Waals surface area contributed by atoms with Crippen molar-refractivity contribution < 1.29 is 32.7 Å². The van der Waals surface area contributed by atoms with Gasteiger partial charge >= 0.3 is 12.1 Å². The first-order chi connectivity index (χ1) is 16.6. The number of alkyl halides is 3. The molecule has 10 heteroatoms. The molecule has 0 bridgehead atoms. The Kier molecular flexibility index (Phi) is 8.53. The fourth-order valence-electron chi connectivity index (χ4n) is 3.11. The molecule has 35 heavy (non-hydrogen) atoms. The second kappa shape index (κ2) is 11.6. The summed E-state index contributed by atoms with van der Waals surface area (Å²) in [5.74, 6) is -2.06. The van der Waals surface area contributed by atoms with E-state index in [-0.39, 0.29) is 18.5 Å². The summed E-state index contributed by atoms with van der Waals surface area (Å²) in [6.45, 7) is 0. The van der Waals surface area contributed by atoms with Gasteiger partial charge in [0.05, 0.1) is 12.0 Å². The molecule has 3 aromatic carbocycles. The quantitative estimate of drug-likeness (QED) is 0.313. The Morgan fingerprint density at radius 3 is 2.14 bits per heavy atom. The second-order valence-corrected chi connectivity index (χ2v) is 8.62. The molecule has 0 heterocycles. The molecule has 0 aliphatic carbocycles. The molecule has 0 aliphatic rings. The number of carbonyl (C=O) groups is 3. The lowest BCUT2D eigenvalue weighted by molar-refractivity contribution is -0.138. The lowest BCUT2D eigenvalue weighted by atomic mass is 10.1. The van der Waals surface area contributed by atoms with E-state index in [2.05, 4.69) is 10.6 Å². The van der Waals surface area contributed by atoms with E-state index in [0.717, 1.165) is 23.9 Å². The zero-order valence-electron chi connectivity index (χ0n) is 18.2. The molecule has 3 N–H and O–H groups in total. The minimum atomic E-state index is -4.54. The lowest BCUT2D eigenvalue weighted by Crippen LogP contribution is -2.19. The average Bonchev–Trinajstić information content (AvgIpc) is 2.81. The van der Waals surface area contributed by atoms with Crippen molar-refractivity contribution in [1.29, 1.82) is 0 Å². The standard InChI is InChI=1S/C25H21F3N2O4S/c26-25(27,28)17-8-4-9-18(14-17)30-24(34)23(16-6-2-1-3-7-16)35-20-11-5-10-19(15-20)29-21(31)12-13-22(32)33/h1-11,14-15,23H,12-13H2,(H,29,31)(H,30,34)(H,32,33). The Labute approximate surface area is 203 Å². The first-order valence-corrected chi connectivity index (χ1v) is 11.3. The molecule has 0 fully saturated rings. The summed E-state index contributed by atoms with van der Waals surface area (Å²) in [4.78, 5) is 36.4. The molecule has 0 aliphatic heterocycles. The number of thioether (sulfide) groups is 1. The van der Waals surface area contributed by atoms with Gasteiger partial charge in [-0.3, -0.25) is 14.4 Å². The molecule has 0 saturated heterocycles. The Morgan fingerprint density at radius 2 is 1.49 bits per heavy atom. The van der Waals surface area contributed by atoms with E-state index >= 15 is 0 Å². The van der Waals surface area contributed by atoms with Crippen molar-refractivity contribution in [2.24, 2.45) is 0 Å². The van der Waals surface area contributed by atoms with Crippen molar-refractivity contribution in [3.8, 4) is 0 Å². The zero-order valence-corrected chi connectivity index (χ0v) is 19.0. The van der Waals surface area contributed by atoms with Crippen LogP contribution in [0.1, 0.15) is 29.2 Å². The van der Waals surface area contributed by atoms with Gasteiger partial charge in [0.1, 0.15) is 5.25 Å². The minimum Gasteiger partial charge on any atom is -0.481 e. The Balaban J connectivity index is 1.80. The first-order valence-electron chi connectivity index (χ1n) is 10.4. The van der Waals surface area contributed by atoms with Gasteiger partial charge in [0.25, 0.3) is 0 Å². The molecule has 6 nitrogen and oxygen atoms in total. The number of halogens is 3. The van der Waals surface area contributed by atoms with Gasteiger partial charge in [-0.1, -0.05) is 42.5 Å². The van der Waals surface area contributed by atoms with Crippen LogP contribution in [0.25, 0.3) is 0 Å². The molecule has 1 atom stereocenters. The van der Waals surface area contributed by atoms with Crippen LogP contribution < -0.4 is 10.6 Å². The number of carbonyl (C=O) groups excluding carboxylic acids is 2. The number of amides is 2. The van der Waals surface area contributed by atoms with Crippen LogP contribution >= 0.6 is 11.8 Å². The first kappa shape index (κ1) is 25.8. The van der Waals surface area contributed by atoms with Crippen LogP contribution in [0.3, 0.4) is 0 Å². The van der Waals surface area contributed by atoms with E-state index in [1.165, 1.54) is 12.1 Å². The largest absolute Gasteiger partial charge is 0.481 e. The van der Waals surface area contributed by atoms with Crippen LogP contribution in [-0.2, 0) is 20.6 Å². The van der Waals surface area contributed by atoms with Crippen LogP contribution in [0.4, 0.5) is 24.5 Å². The van der Waals surface area contributed by atoms with Crippen LogP contribution in [-0.4, -0.2) is 22.9 Å². The zero-order chi connectivity index (χ0) is 25.4. The summed E-state index contributed by atoms with van der Waals surface area (Å²) in [6.07, 6.45) is -5.02. The molecular weight excluding hydrogens is 481 g/mol. The number of carboxylic acids is 1. The number of benzene rings is 3. The van der Waals surface area contributed by atoms with Crippen molar-refractivity contribution >= 4 is 40.9 Å². The van der Waals surface area contributed by atoms with Crippen LogP contribution in [0.5, 0.6) is 0 Å². The van der Waals surface area contributed by atoms with Crippen molar-refractivity contribution in [2.75, 3.05) is 10.6 Å². The van der Waals surface area contributed by atoms with Gasteiger partial charge in [-0.2, -0.15) is 13.2 Å². The van der Waals surface area contributed by atoms with Gasteiger partial charge in [0.2, 0.25) is 11.8 Å². The van der Waals surface area contributed by atoms with Crippen LogP contribution in [0.2, 0.25) is 0 Å². The van der Waals surface area contributed by atoms with E-state index in [9.17, 15) is 27.6 Å². The SMILES string of the molecule is O=C(O)CCC(=O)Nc1cccc(SC(C(=O)Nc2cccc(C(F)(F)F)c2)c2ccccc2)c1. The third-order valence-corrected chi connectivity index (χ3v) is 5.98. The molecule has 2 amide bonds. The molecule has 0 radical (unpaired) electrons. The number of carboxylic acid groups (broad SMARTS) is 1. The van der Waals surface area contributed by atoms with E-state index in [1.54, 1.807) is 54.6 Å². The Morgan fingerprint density at radius 1 is 0.829 bits per heavy atom. The summed E-state index contributed by atoms with van der Waals surface area (Å²) < 4.78 is 39.2. The third kappa shape index (κ3) is 7.89. The maximum Gasteiger partial charge on any atom is 0.416 e. The van der Waals surface area contributed by atoms with Gasteiger partial charge in [-0.25, -0.2) is 0 Å². The average molecular weight is 503 g/mol. The molecule has 0 saturated carbocycles. The number of anilines is 2. The van der Waals surface area contributed by atoms with Gasteiger partial charge in [-0.05, 0) is 42.0 Å². The number of aliphatic carboxylic acids is 1. The highest BCUT2D eigenvalue weighted by atomic mass is 32.2. The lowest BCUT2D eigenvalue weighted by Gasteiger charge is -2.18. The van der Waals surface area contributed by atoms with Gasteiger partial charge in [0, 0.05) is 22.7 Å².